The highest BCUT2D eigenvalue weighted by molar-refractivity contribution is 5.73. The number of carbonyl (C=O) groups is 1. The maximum absolute atomic E-state index is 10.8. The smallest absolute Gasteiger partial charge is 0.341 e. The van der Waals surface area contributed by atoms with Crippen LogP contribution in [0, 0.1) is 6.92 Å². The third-order valence-electron chi connectivity index (χ3n) is 1.17. The van der Waals surface area contributed by atoms with E-state index in [1.165, 1.54) is 6.20 Å². The van der Waals surface area contributed by atoms with Gasteiger partial charge < -0.3 is 5.73 Å². The van der Waals surface area contributed by atoms with Crippen LogP contribution in [0.1, 0.15) is 5.56 Å². The molecular weight excluding hydrogens is 134 g/mol. The van der Waals surface area contributed by atoms with Crippen LogP contribution in [-0.2, 0) is 0 Å². The molecule has 0 aliphatic heterocycles. The molecule has 0 aliphatic carbocycles. The monoisotopic (exact) mass is 141 g/mol. The number of hydrogen-bond donors (Lipinski definition) is 2. The molecule has 0 bridgehead atoms. The van der Waals surface area contributed by atoms with E-state index in [0.29, 0.717) is 5.56 Å². The standard InChI is InChI=1S/C5H7N3O2/c1-3-2-7-8(4(3)9)5(6)10/h2,7H,1H3,(H2,6,10). The quantitative estimate of drug-likeness (QED) is 0.506. The summed E-state index contributed by atoms with van der Waals surface area (Å²) >= 11 is 0. The number of H-pyrrole nitrogens is 1. The first-order chi connectivity index (χ1) is 4.63. The number of hydrogen-bond acceptors (Lipinski definition) is 2. The fourth-order valence-electron chi connectivity index (χ4n) is 0.622. The van der Waals surface area contributed by atoms with Gasteiger partial charge >= 0.3 is 6.03 Å². The average Bonchev–Trinajstić information content (AvgIpc) is 2.14. The molecule has 0 aromatic carbocycles. The van der Waals surface area contributed by atoms with Gasteiger partial charge in [0.1, 0.15) is 0 Å². The largest absolute Gasteiger partial charge is 0.350 e. The van der Waals surface area contributed by atoms with Crippen LogP contribution in [0.25, 0.3) is 0 Å². The molecule has 0 spiro atoms. The number of nitrogens with two attached hydrogens (primary N) is 1. The topological polar surface area (TPSA) is 80.9 Å². The van der Waals surface area contributed by atoms with E-state index in [9.17, 15) is 9.59 Å². The molecule has 5 nitrogen and oxygen atoms in total. The van der Waals surface area contributed by atoms with Crippen molar-refractivity contribution in [2.75, 3.05) is 0 Å². The van der Waals surface area contributed by atoms with E-state index in [4.69, 9.17) is 5.73 Å². The van der Waals surface area contributed by atoms with Gasteiger partial charge in [0.2, 0.25) is 0 Å². The van der Waals surface area contributed by atoms with E-state index in [2.05, 4.69) is 5.10 Å². The predicted molar refractivity (Wildman–Crippen MR) is 34.8 cm³/mol. The molecule has 1 aromatic rings. The number of aryl methyl sites for hydroxylation is 1. The van der Waals surface area contributed by atoms with Crippen LogP contribution in [0.3, 0.4) is 0 Å². The Balaban J connectivity index is 3.32. The lowest BCUT2D eigenvalue weighted by Gasteiger charge is -1.88. The lowest BCUT2D eigenvalue weighted by Crippen LogP contribution is -2.30. The Morgan fingerprint density at radius 1 is 1.80 bits per heavy atom. The zero-order chi connectivity index (χ0) is 7.72. The summed E-state index contributed by atoms with van der Waals surface area (Å²) in [4.78, 5) is 21.2. The number of carbonyl (C=O) groups excluding carboxylic acids is 1. The molecule has 1 rings (SSSR count). The van der Waals surface area contributed by atoms with Gasteiger partial charge in [-0.2, -0.15) is 4.68 Å². The summed E-state index contributed by atoms with van der Waals surface area (Å²) in [5.74, 6) is 0. The van der Waals surface area contributed by atoms with Crippen molar-refractivity contribution < 1.29 is 4.79 Å². The van der Waals surface area contributed by atoms with Crippen LogP contribution < -0.4 is 11.3 Å². The fourth-order valence-corrected chi connectivity index (χ4v) is 0.622. The Morgan fingerprint density at radius 3 is 2.60 bits per heavy atom. The zero-order valence-corrected chi connectivity index (χ0v) is 5.42. The molecule has 0 saturated heterocycles. The third-order valence-corrected chi connectivity index (χ3v) is 1.17. The first kappa shape index (κ1) is 6.60. The molecule has 10 heavy (non-hydrogen) atoms. The van der Waals surface area contributed by atoms with Gasteiger partial charge in [-0.3, -0.25) is 9.89 Å². The summed E-state index contributed by atoms with van der Waals surface area (Å²) in [5.41, 5.74) is 4.90. The minimum absolute atomic E-state index is 0.396. The van der Waals surface area contributed by atoms with Crippen LogP contribution in [0.4, 0.5) is 4.79 Å². The second kappa shape index (κ2) is 2.02. The average molecular weight is 141 g/mol. The summed E-state index contributed by atoms with van der Waals surface area (Å²) in [6, 6.07) is -0.793. The van der Waals surface area contributed by atoms with Gasteiger partial charge in [-0.15, -0.1) is 0 Å². The highest BCUT2D eigenvalue weighted by Crippen LogP contribution is 1.82. The molecule has 3 N–H and O–H groups in total. The van der Waals surface area contributed by atoms with Crippen LogP contribution in [-0.4, -0.2) is 15.8 Å². The lowest BCUT2D eigenvalue weighted by molar-refractivity contribution is 0.247. The summed E-state index contributed by atoms with van der Waals surface area (Å²) in [7, 11) is 0. The van der Waals surface area contributed by atoms with Gasteiger partial charge in [0, 0.05) is 11.8 Å². The molecule has 1 heterocycles. The minimum atomic E-state index is -0.793. The van der Waals surface area contributed by atoms with E-state index in [1.54, 1.807) is 6.92 Å². The molecule has 0 unspecified atom stereocenters. The zero-order valence-electron chi connectivity index (χ0n) is 5.42. The van der Waals surface area contributed by atoms with Crippen LogP contribution in [0.5, 0.6) is 0 Å². The summed E-state index contributed by atoms with van der Waals surface area (Å²) in [6.45, 7) is 1.60. The van der Waals surface area contributed by atoms with E-state index in [1.807, 2.05) is 0 Å². The van der Waals surface area contributed by atoms with Crippen molar-refractivity contribution in [3.63, 3.8) is 0 Å². The van der Waals surface area contributed by atoms with Crippen molar-refractivity contribution in [3.8, 4) is 0 Å². The van der Waals surface area contributed by atoms with Crippen molar-refractivity contribution in [2.45, 2.75) is 6.92 Å². The normalized spacial score (nSPS) is 9.70. The predicted octanol–water partition coefficient (Wildman–Crippen LogP) is -0.588. The van der Waals surface area contributed by atoms with Gasteiger partial charge in [0.25, 0.3) is 5.56 Å². The number of rotatable bonds is 0. The molecule has 0 saturated carbocycles. The molecule has 0 atom stereocenters. The molecule has 1 amide bonds. The van der Waals surface area contributed by atoms with Gasteiger partial charge in [-0.1, -0.05) is 0 Å². The Kier molecular flexibility index (Phi) is 1.33. The molecule has 0 radical (unpaired) electrons. The summed E-state index contributed by atoms with van der Waals surface area (Å²) < 4.78 is 0.745. The summed E-state index contributed by atoms with van der Waals surface area (Å²) in [6.07, 6.45) is 1.42. The second-order valence-corrected chi connectivity index (χ2v) is 1.94. The first-order valence-electron chi connectivity index (χ1n) is 2.70. The van der Waals surface area contributed by atoms with E-state index < -0.39 is 11.6 Å². The highest BCUT2D eigenvalue weighted by atomic mass is 16.2. The van der Waals surface area contributed by atoms with E-state index >= 15 is 0 Å². The maximum atomic E-state index is 10.8. The number of aromatic nitrogens is 2. The Bertz CT molecular complexity index is 309. The minimum Gasteiger partial charge on any atom is -0.350 e. The van der Waals surface area contributed by atoms with Crippen LogP contribution in [0.15, 0.2) is 11.0 Å². The van der Waals surface area contributed by atoms with E-state index in [-0.39, 0.29) is 0 Å². The number of primary amides is 1. The van der Waals surface area contributed by atoms with Crippen molar-refractivity contribution >= 4 is 6.03 Å². The number of nitrogens with zero attached hydrogens (tertiary/aromatic N) is 1. The van der Waals surface area contributed by atoms with Crippen molar-refractivity contribution in [2.24, 2.45) is 5.73 Å². The van der Waals surface area contributed by atoms with Gasteiger partial charge in [-0.25, -0.2) is 4.79 Å². The van der Waals surface area contributed by atoms with Gasteiger partial charge in [-0.05, 0) is 6.92 Å². The van der Waals surface area contributed by atoms with Gasteiger partial charge in [0.05, 0.1) is 0 Å². The third kappa shape index (κ3) is 0.812. The van der Waals surface area contributed by atoms with Crippen LogP contribution in [0.2, 0.25) is 0 Å². The first-order valence-corrected chi connectivity index (χ1v) is 2.70. The highest BCUT2D eigenvalue weighted by Gasteiger charge is 2.03. The molecular formula is C5H7N3O2. The number of aromatic amines is 1. The molecule has 0 aliphatic rings. The molecule has 54 valence electrons. The second-order valence-electron chi connectivity index (χ2n) is 1.94. The Hall–Kier alpha value is -1.52. The van der Waals surface area contributed by atoms with Crippen LogP contribution >= 0.6 is 0 Å². The maximum Gasteiger partial charge on any atom is 0.341 e. The van der Waals surface area contributed by atoms with Gasteiger partial charge in [0.15, 0.2) is 0 Å². The SMILES string of the molecule is Cc1c[nH]n(C(N)=O)c1=O. The van der Waals surface area contributed by atoms with Crippen molar-refractivity contribution in [1.82, 2.24) is 9.78 Å². The lowest BCUT2D eigenvalue weighted by atomic mass is 10.4. The fraction of sp³-hybridized carbons (Fsp3) is 0.200. The number of amides is 1. The Morgan fingerprint density at radius 2 is 2.40 bits per heavy atom. The summed E-state index contributed by atoms with van der Waals surface area (Å²) in [5, 5.41) is 2.40. The van der Waals surface area contributed by atoms with Crippen molar-refractivity contribution in [1.29, 1.82) is 0 Å². The Labute approximate surface area is 56.4 Å². The number of nitrogens with one attached hydrogen (secondary N) is 1. The van der Waals surface area contributed by atoms with Crippen molar-refractivity contribution in [3.05, 3.63) is 22.1 Å². The molecule has 1 aromatic heterocycles. The molecule has 5 heteroatoms. The molecule has 0 fully saturated rings. The van der Waals surface area contributed by atoms with E-state index in [0.717, 1.165) is 4.68 Å².